The third-order valence-corrected chi connectivity index (χ3v) is 5.23. The predicted octanol–water partition coefficient (Wildman–Crippen LogP) is 2.54. The molecule has 0 bridgehead atoms. The average Bonchev–Trinajstić information content (AvgIpc) is 3.36. The van der Waals surface area contributed by atoms with Crippen molar-refractivity contribution in [2.45, 2.75) is 54.0 Å². The number of aromatic nitrogens is 5. The van der Waals surface area contributed by atoms with Crippen molar-refractivity contribution < 1.29 is 9.42 Å². The Labute approximate surface area is 193 Å². The fraction of sp³-hybridized carbons (Fsp3) is 0.455. The Bertz CT molecular complexity index is 1100. The summed E-state index contributed by atoms with van der Waals surface area (Å²) in [6.07, 6.45) is 3.58. The SMILES string of the molecule is CCCN(CCC)Cc1c(C(=O)N/N=C/c2c(C)cc(C)cc2C)nnn1-c1nonc1N. The fourth-order valence-corrected chi connectivity index (χ4v) is 3.85. The summed E-state index contributed by atoms with van der Waals surface area (Å²) in [7, 11) is 0. The Morgan fingerprint density at radius 2 is 1.85 bits per heavy atom. The Hall–Kier alpha value is -3.60. The maximum Gasteiger partial charge on any atom is 0.293 e. The van der Waals surface area contributed by atoms with Gasteiger partial charge in [-0.05, 0) is 68.1 Å². The van der Waals surface area contributed by atoms with Crippen LogP contribution in [0.25, 0.3) is 5.82 Å². The molecule has 2 aromatic heterocycles. The van der Waals surface area contributed by atoms with E-state index in [0.717, 1.165) is 42.6 Å². The molecule has 33 heavy (non-hydrogen) atoms. The number of carbonyl (C=O) groups excluding carboxylic acids is 1. The van der Waals surface area contributed by atoms with Crippen molar-refractivity contribution in [1.29, 1.82) is 0 Å². The lowest BCUT2D eigenvalue weighted by Crippen LogP contribution is -2.28. The summed E-state index contributed by atoms with van der Waals surface area (Å²) in [5.74, 6) is -0.217. The molecule has 2 heterocycles. The number of benzene rings is 1. The number of amides is 1. The lowest BCUT2D eigenvalue weighted by molar-refractivity contribution is 0.0947. The van der Waals surface area contributed by atoms with Crippen molar-refractivity contribution in [2.24, 2.45) is 5.10 Å². The maximum atomic E-state index is 13.0. The van der Waals surface area contributed by atoms with E-state index in [1.807, 2.05) is 20.8 Å². The highest BCUT2D eigenvalue weighted by molar-refractivity contribution is 5.94. The third-order valence-electron chi connectivity index (χ3n) is 5.23. The minimum absolute atomic E-state index is 0.0639. The topological polar surface area (TPSA) is 140 Å². The molecule has 0 aliphatic heterocycles. The first-order valence-electron chi connectivity index (χ1n) is 11.0. The molecular weight excluding hydrogens is 422 g/mol. The number of nitrogen functional groups attached to an aromatic ring is 1. The zero-order chi connectivity index (χ0) is 24.0. The van der Waals surface area contributed by atoms with Crippen molar-refractivity contribution in [1.82, 2.24) is 35.6 Å². The first-order valence-corrected chi connectivity index (χ1v) is 11.0. The maximum absolute atomic E-state index is 13.0. The van der Waals surface area contributed by atoms with Crippen LogP contribution in [0.1, 0.15) is 65.1 Å². The Kier molecular flexibility index (Phi) is 7.88. The first-order chi connectivity index (χ1) is 15.8. The molecule has 1 amide bonds. The highest BCUT2D eigenvalue weighted by atomic mass is 16.6. The number of nitrogens with zero attached hydrogens (tertiary/aromatic N) is 7. The first kappa shape index (κ1) is 24.1. The van der Waals surface area contributed by atoms with Gasteiger partial charge >= 0.3 is 0 Å². The summed E-state index contributed by atoms with van der Waals surface area (Å²) in [5, 5.41) is 19.8. The van der Waals surface area contributed by atoms with Crippen LogP contribution < -0.4 is 11.2 Å². The molecule has 1 aromatic carbocycles. The smallest absolute Gasteiger partial charge is 0.293 e. The highest BCUT2D eigenvalue weighted by Gasteiger charge is 2.25. The summed E-state index contributed by atoms with van der Waals surface area (Å²) in [6.45, 7) is 12.4. The number of aryl methyl sites for hydroxylation is 3. The molecule has 11 heteroatoms. The minimum atomic E-state index is -0.474. The van der Waals surface area contributed by atoms with E-state index in [1.165, 1.54) is 10.2 Å². The number of hydrazone groups is 1. The van der Waals surface area contributed by atoms with Crippen molar-refractivity contribution in [3.8, 4) is 5.82 Å². The predicted molar refractivity (Wildman–Crippen MR) is 125 cm³/mol. The van der Waals surface area contributed by atoms with E-state index >= 15 is 0 Å². The summed E-state index contributed by atoms with van der Waals surface area (Å²) < 4.78 is 6.12. The normalized spacial score (nSPS) is 11.6. The van der Waals surface area contributed by atoms with E-state index in [9.17, 15) is 4.79 Å². The van der Waals surface area contributed by atoms with Crippen LogP contribution in [0.5, 0.6) is 0 Å². The Morgan fingerprint density at radius 1 is 1.18 bits per heavy atom. The second kappa shape index (κ2) is 10.8. The number of hydrogen-bond acceptors (Lipinski definition) is 9. The Morgan fingerprint density at radius 3 is 2.42 bits per heavy atom. The summed E-state index contributed by atoms with van der Waals surface area (Å²) in [6, 6.07) is 4.15. The van der Waals surface area contributed by atoms with Gasteiger partial charge in [0.2, 0.25) is 11.6 Å². The highest BCUT2D eigenvalue weighted by Crippen LogP contribution is 2.18. The second-order valence-electron chi connectivity index (χ2n) is 8.06. The van der Waals surface area contributed by atoms with Crippen molar-refractivity contribution in [3.05, 3.63) is 45.8 Å². The second-order valence-corrected chi connectivity index (χ2v) is 8.06. The van der Waals surface area contributed by atoms with Crippen LogP contribution in [0.4, 0.5) is 5.82 Å². The van der Waals surface area contributed by atoms with Gasteiger partial charge in [0.25, 0.3) is 5.91 Å². The van der Waals surface area contributed by atoms with Crippen LogP contribution in [0.3, 0.4) is 0 Å². The average molecular weight is 454 g/mol. The molecular formula is C22H31N9O2. The van der Waals surface area contributed by atoms with Crippen LogP contribution in [0.15, 0.2) is 21.9 Å². The largest absolute Gasteiger partial charge is 0.378 e. The lowest BCUT2D eigenvalue weighted by Gasteiger charge is -2.21. The molecule has 3 aromatic rings. The van der Waals surface area contributed by atoms with E-state index in [-0.39, 0.29) is 17.3 Å². The van der Waals surface area contributed by atoms with E-state index in [1.54, 1.807) is 6.21 Å². The quantitative estimate of drug-likeness (QED) is 0.352. The summed E-state index contributed by atoms with van der Waals surface area (Å²) in [4.78, 5) is 15.2. The molecule has 0 saturated carbocycles. The molecule has 3 rings (SSSR count). The van der Waals surface area contributed by atoms with Gasteiger partial charge in [-0.15, -0.1) is 5.10 Å². The summed E-state index contributed by atoms with van der Waals surface area (Å²) in [5.41, 5.74) is 13.4. The lowest BCUT2D eigenvalue weighted by atomic mass is 10.0. The van der Waals surface area contributed by atoms with E-state index in [4.69, 9.17) is 10.4 Å². The van der Waals surface area contributed by atoms with Gasteiger partial charge < -0.3 is 5.73 Å². The van der Waals surface area contributed by atoms with Gasteiger partial charge in [-0.25, -0.2) is 10.1 Å². The molecule has 3 N–H and O–H groups in total. The van der Waals surface area contributed by atoms with Gasteiger partial charge in [0.05, 0.1) is 11.9 Å². The fourth-order valence-electron chi connectivity index (χ4n) is 3.85. The molecule has 176 valence electrons. The van der Waals surface area contributed by atoms with Crippen LogP contribution in [0.2, 0.25) is 0 Å². The van der Waals surface area contributed by atoms with Crippen LogP contribution >= 0.6 is 0 Å². The molecule has 0 aliphatic carbocycles. The molecule has 0 unspecified atom stereocenters. The zero-order valence-corrected chi connectivity index (χ0v) is 19.8. The number of nitrogens with one attached hydrogen (secondary N) is 1. The van der Waals surface area contributed by atoms with Gasteiger partial charge in [0.1, 0.15) is 0 Å². The van der Waals surface area contributed by atoms with Crippen molar-refractivity contribution in [3.63, 3.8) is 0 Å². The minimum Gasteiger partial charge on any atom is -0.378 e. The molecule has 0 radical (unpaired) electrons. The van der Waals surface area contributed by atoms with Gasteiger partial charge in [-0.1, -0.05) is 36.8 Å². The third kappa shape index (κ3) is 5.61. The van der Waals surface area contributed by atoms with Crippen LogP contribution in [-0.4, -0.2) is 55.4 Å². The summed E-state index contributed by atoms with van der Waals surface area (Å²) >= 11 is 0. The van der Waals surface area contributed by atoms with Gasteiger partial charge in [0.15, 0.2) is 5.69 Å². The molecule has 0 aliphatic rings. The van der Waals surface area contributed by atoms with Gasteiger partial charge in [-0.3, -0.25) is 9.69 Å². The van der Waals surface area contributed by atoms with Gasteiger partial charge in [-0.2, -0.15) is 9.78 Å². The number of rotatable bonds is 10. The van der Waals surface area contributed by atoms with E-state index in [2.05, 4.69) is 62.0 Å². The molecule has 0 atom stereocenters. The molecule has 11 nitrogen and oxygen atoms in total. The number of nitrogens with two attached hydrogens (primary N) is 1. The monoisotopic (exact) mass is 453 g/mol. The van der Waals surface area contributed by atoms with E-state index < -0.39 is 5.91 Å². The van der Waals surface area contributed by atoms with Crippen LogP contribution in [-0.2, 0) is 6.54 Å². The molecule has 0 spiro atoms. The Balaban J connectivity index is 1.89. The molecule has 0 fully saturated rings. The van der Waals surface area contributed by atoms with Crippen LogP contribution in [0, 0.1) is 20.8 Å². The number of carbonyl (C=O) groups is 1. The van der Waals surface area contributed by atoms with Gasteiger partial charge in [0, 0.05) is 12.1 Å². The standard InChI is InChI=1S/C22H31N9O2/c1-6-8-30(9-7-2)13-18-19(25-29-31(18)21-20(23)27-33-28-21)22(32)26-24-12-17-15(4)10-14(3)11-16(17)5/h10-12H,6-9,13H2,1-5H3,(H2,23,27)(H,26,32)/b24-12+. The number of hydrogen-bond donors (Lipinski definition) is 2. The molecule has 0 saturated heterocycles. The van der Waals surface area contributed by atoms with Crippen molar-refractivity contribution >= 4 is 17.9 Å². The van der Waals surface area contributed by atoms with Crippen molar-refractivity contribution in [2.75, 3.05) is 18.8 Å². The zero-order valence-electron chi connectivity index (χ0n) is 19.8. The van der Waals surface area contributed by atoms with E-state index in [0.29, 0.717) is 12.2 Å². The number of anilines is 1.